The van der Waals surface area contributed by atoms with Crippen molar-refractivity contribution in [1.82, 2.24) is 0 Å². The lowest BCUT2D eigenvalue weighted by Crippen LogP contribution is -2.04. The van der Waals surface area contributed by atoms with Gasteiger partial charge in [-0.15, -0.1) is 0 Å². The number of carbonyl (C=O) groups excluding carboxylic acids is 1. The fraction of sp³-hybridized carbons (Fsp3) is 0.211. The summed E-state index contributed by atoms with van der Waals surface area (Å²) in [4.78, 5) is 12.1. The maximum Gasteiger partial charge on any atom is 0.185 e. The van der Waals surface area contributed by atoms with E-state index in [4.69, 9.17) is 16.3 Å². The van der Waals surface area contributed by atoms with Crippen LogP contribution in [0.25, 0.3) is 6.08 Å². The van der Waals surface area contributed by atoms with Crippen molar-refractivity contribution in [3.05, 3.63) is 70.8 Å². The highest BCUT2D eigenvalue weighted by molar-refractivity contribution is 6.30. The molecule has 0 N–H and O–H groups in total. The van der Waals surface area contributed by atoms with Crippen molar-refractivity contribution < 1.29 is 9.53 Å². The number of allylic oxidation sites excluding steroid dienone is 1. The lowest BCUT2D eigenvalue weighted by molar-refractivity contribution is 0.104. The van der Waals surface area contributed by atoms with Gasteiger partial charge in [0, 0.05) is 10.6 Å². The van der Waals surface area contributed by atoms with Crippen molar-refractivity contribution >= 4 is 23.5 Å². The Labute approximate surface area is 136 Å². The predicted molar refractivity (Wildman–Crippen MR) is 91.6 cm³/mol. The Hall–Kier alpha value is -2.06. The summed E-state index contributed by atoms with van der Waals surface area (Å²) in [7, 11) is 0. The Morgan fingerprint density at radius 2 is 1.91 bits per heavy atom. The average Bonchev–Trinajstić information content (AvgIpc) is 2.52. The normalized spacial score (nSPS) is 11.1. The van der Waals surface area contributed by atoms with Crippen LogP contribution in [0.1, 0.15) is 29.8 Å². The van der Waals surface area contributed by atoms with Gasteiger partial charge < -0.3 is 4.74 Å². The molecule has 0 heterocycles. The Kier molecular flexibility index (Phi) is 5.79. The Morgan fingerprint density at radius 3 is 2.59 bits per heavy atom. The predicted octanol–water partition coefficient (Wildman–Crippen LogP) is 5.27. The molecule has 0 unspecified atom stereocenters. The standard InChI is InChI=1S/C19H19ClO2/c1-14(2)13-22-18-5-3-4-15(12-18)6-11-19(21)16-7-9-17(20)10-8-16/h3-12,14H,13H2,1-2H3/b11-6+. The van der Waals surface area contributed by atoms with Crippen LogP contribution in [0.4, 0.5) is 0 Å². The number of hydrogen-bond acceptors (Lipinski definition) is 2. The summed E-state index contributed by atoms with van der Waals surface area (Å²) in [6.45, 7) is 4.89. The number of rotatable bonds is 6. The van der Waals surface area contributed by atoms with E-state index in [0.717, 1.165) is 11.3 Å². The number of hydrogen-bond donors (Lipinski definition) is 0. The molecule has 2 nitrogen and oxygen atoms in total. The Bertz CT molecular complexity index is 657. The summed E-state index contributed by atoms with van der Waals surface area (Å²) in [6.07, 6.45) is 3.35. The molecule has 0 bridgehead atoms. The van der Waals surface area contributed by atoms with E-state index in [1.54, 1.807) is 36.4 Å². The summed E-state index contributed by atoms with van der Waals surface area (Å²) in [5.74, 6) is 1.24. The van der Waals surface area contributed by atoms with Crippen molar-refractivity contribution in [2.24, 2.45) is 5.92 Å². The number of carbonyl (C=O) groups is 1. The zero-order valence-electron chi connectivity index (χ0n) is 12.8. The smallest absolute Gasteiger partial charge is 0.185 e. The molecule has 0 radical (unpaired) electrons. The molecular weight excluding hydrogens is 296 g/mol. The van der Waals surface area contributed by atoms with Gasteiger partial charge in [-0.3, -0.25) is 4.79 Å². The summed E-state index contributed by atoms with van der Waals surface area (Å²) < 4.78 is 5.68. The van der Waals surface area contributed by atoms with E-state index in [0.29, 0.717) is 23.1 Å². The van der Waals surface area contributed by atoms with Crippen LogP contribution in [-0.4, -0.2) is 12.4 Å². The number of ether oxygens (including phenoxy) is 1. The second kappa shape index (κ2) is 7.81. The van der Waals surface area contributed by atoms with Crippen LogP contribution in [0.2, 0.25) is 5.02 Å². The molecule has 0 atom stereocenters. The SMILES string of the molecule is CC(C)COc1cccc(/C=C/C(=O)c2ccc(Cl)cc2)c1. The second-order valence-electron chi connectivity index (χ2n) is 5.48. The molecule has 0 aromatic heterocycles. The van der Waals surface area contributed by atoms with E-state index in [1.165, 1.54) is 0 Å². The molecule has 0 aliphatic rings. The van der Waals surface area contributed by atoms with Gasteiger partial charge in [0.2, 0.25) is 0 Å². The van der Waals surface area contributed by atoms with Crippen LogP contribution >= 0.6 is 11.6 Å². The van der Waals surface area contributed by atoms with Gasteiger partial charge in [-0.05, 0) is 54.0 Å². The Morgan fingerprint density at radius 1 is 1.18 bits per heavy atom. The lowest BCUT2D eigenvalue weighted by atomic mass is 10.1. The third kappa shape index (κ3) is 5.05. The largest absolute Gasteiger partial charge is 0.493 e. The van der Waals surface area contributed by atoms with E-state index in [1.807, 2.05) is 24.3 Å². The first-order chi connectivity index (χ1) is 10.5. The third-order valence-corrected chi connectivity index (χ3v) is 3.25. The van der Waals surface area contributed by atoms with Gasteiger partial charge in [0.15, 0.2) is 5.78 Å². The van der Waals surface area contributed by atoms with E-state index < -0.39 is 0 Å². The Balaban J connectivity index is 2.04. The topological polar surface area (TPSA) is 26.3 Å². The van der Waals surface area contributed by atoms with E-state index >= 15 is 0 Å². The number of halogens is 1. The lowest BCUT2D eigenvalue weighted by Gasteiger charge is -2.08. The molecular formula is C19H19ClO2. The maximum absolute atomic E-state index is 12.1. The molecule has 0 aliphatic carbocycles. The van der Waals surface area contributed by atoms with Crippen LogP contribution in [0.5, 0.6) is 5.75 Å². The zero-order valence-corrected chi connectivity index (χ0v) is 13.5. The van der Waals surface area contributed by atoms with Gasteiger partial charge in [0.05, 0.1) is 6.61 Å². The van der Waals surface area contributed by atoms with E-state index in [-0.39, 0.29) is 5.78 Å². The summed E-state index contributed by atoms with van der Waals surface area (Å²) in [5, 5.41) is 0.621. The molecule has 0 aliphatic heterocycles. The molecule has 2 aromatic rings. The highest BCUT2D eigenvalue weighted by atomic mass is 35.5. The average molecular weight is 315 g/mol. The molecule has 0 fully saturated rings. The van der Waals surface area contributed by atoms with Crippen molar-refractivity contribution in [3.8, 4) is 5.75 Å². The summed E-state index contributed by atoms with van der Waals surface area (Å²) >= 11 is 5.82. The third-order valence-electron chi connectivity index (χ3n) is 3.00. The zero-order chi connectivity index (χ0) is 15.9. The fourth-order valence-electron chi connectivity index (χ4n) is 1.85. The number of benzene rings is 2. The first kappa shape index (κ1) is 16.3. The molecule has 3 heteroatoms. The van der Waals surface area contributed by atoms with Crippen LogP contribution < -0.4 is 4.74 Å². The van der Waals surface area contributed by atoms with Crippen molar-refractivity contribution in [2.45, 2.75) is 13.8 Å². The van der Waals surface area contributed by atoms with Crippen molar-refractivity contribution in [2.75, 3.05) is 6.61 Å². The van der Waals surface area contributed by atoms with Gasteiger partial charge in [0.1, 0.15) is 5.75 Å². The van der Waals surface area contributed by atoms with Gasteiger partial charge >= 0.3 is 0 Å². The molecule has 0 saturated heterocycles. The molecule has 114 valence electrons. The van der Waals surface area contributed by atoms with Crippen LogP contribution in [-0.2, 0) is 0 Å². The van der Waals surface area contributed by atoms with Gasteiger partial charge in [0.25, 0.3) is 0 Å². The molecule has 2 rings (SSSR count). The van der Waals surface area contributed by atoms with Gasteiger partial charge in [-0.25, -0.2) is 0 Å². The minimum absolute atomic E-state index is 0.0508. The fourth-order valence-corrected chi connectivity index (χ4v) is 1.98. The second-order valence-corrected chi connectivity index (χ2v) is 5.92. The molecule has 2 aromatic carbocycles. The molecule has 0 spiro atoms. The number of ketones is 1. The first-order valence-electron chi connectivity index (χ1n) is 7.25. The monoisotopic (exact) mass is 314 g/mol. The summed E-state index contributed by atoms with van der Waals surface area (Å²) in [6, 6.07) is 14.6. The molecule has 0 amide bonds. The maximum atomic E-state index is 12.1. The van der Waals surface area contributed by atoms with Crippen molar-refractivity contribution in [3.63, 3.8) is 0 Å². The highest BCUT2D eigenvalue weighted by Crippen LogP contribution is 2.16. The van der Waals surface area contributed by atoms with Gasteiger partial charge in [-0.2, -0.15) is 0 Å². The summed E-state index contributed by atoms with van der Waals surface area (Å²) in [5.41, 5.74) is 1.55. The van der Waals surface area contributed by atoms with Crippen LogP contribution in [0.15, 0.2) is 54.6 Å². The van der Waals surface area contributed by atoms with Crippen LogP contribution in [0.3, 0.4) is 0 Å². The quantitative estimate of drug-likeness (QED) is 0.536. The molecule has 22 heavy (non-hydrogen) atoms. The minimum Gasteiger partial charge on any atom is -0.493 e. The van der Waals surface area contributed by atoms with Gasteiger partial charge in [-0.1, -0.05) is 43.7 Å². The van der Waals surface area contributed by atoms with Crippen LogP contribution in [0, 0.1) is 5.92 Å². The van der Waals surface area contributed by atoms with E-state index in [2.05, 4.69) is 13.8 Å². The van der Waals surface area contributed by atoms with Crippen molar-refractivity contribution in [1.29, 1.82) is 0 Å². The highest BCUT2D eigenvalue weighted by Gasteiger charge is 2.02. The first-order valence-corrected chi connectivity index (χ1v) is 7.63. The van der Waals surface area contributed by atoms with E-state index in [9.17, 15) is 4.79 Å². The minimum atomic E-state index is -0.0508. The molecule has 0 saturated carbocycles.